The Balaban J connectivity index is 1.72. The topological polar surface area (TPSA) is 102 Å². The van der Waals surface area contributed by atoms with Crippen molar-refractivity contribution in [1.82, 2.24) is 0 Å². The monoisotopic (exact) mass is 497 g/mol. The highest BCUT2D eigenvalue weighted by Gasteiger charge is 2.25. The number of benzene rings is 2. The lowest BCUT2D eigenvalue weighted by atomic mass is 10.1. The highest BCUT2D eigenvalue weighted by Crippen LogP contribution is 2.16. The van der Waals surface area contributed by atoms with Crippen molar-refractivity contribution in [3.63, 3.8) is 0 Å². The van der Waals surface area contributed by atoms with E-state index in [4.69, 9.17) is 9.47 Å². The van der Waals surface area contributed by atoms with Gasteiger partial charge in [0, 0.05) is 11.3 Å². The Morgan fingerprint density at radius 1 is 0.833 bits per heavy atom. The Kier molecular flexibility index (Phi) is 13.3. The summed E-state index contributed by atoms with van der Waals surface area (Å²) < 4.78 is 10.4. The van der Waals surface area contributed by atoms with E-state index in [1.807, 2.05) is 0 Å². The van der Waals surface area contributed by atoms with Crippen LogP contribution >= 0.6 is 0 Å². The largest absolute Gasteiger partial charge is 0.497 e. The van der Waals surface area contributed by atoms with Crippen molar-refractivity contribution in [2.45, 2.75) is 77.2 Å². The van der Waals surface area contributed by atoms with E-state index in [9.17, 15) is 19.5 Å². The van der Waals surface area contributed by atoms with Gasteiger partial charge in [-0.05, 0) is 48.9 Å². The molecule has 2 rings (SSSR count). The summed E-state index contributed by atoms with van der Waals surface area (Å²) in [5.41, 5.74) is 0.758. The van der Waals surface area contributed by atoms with Crippen LogP contribution in [-0.2, 0) is 9.53 Å². The zero-order valence-corrected chi connectivity index (χ0v) is 21.5. The van der Waals surface area contributed by atoms with Gasteiger partial charge < -0.3 is 19.9 Å². The van der Waals surface area contributed by atoms with Gasteiger partial charge >= 0.3 is 5.97 Å². The number of ketones is 1. The molecular weight excluding hydrogens is 458 g/mol. The van der Waals surface area contributed by atoms with Crippen LogP contribution in [0.3, 0.4) is 0 Å². The van der Waals surface area contributed by atoms with Gasteiger partial charge in [-0.25, -0.2) is 4.79 Å². The molecule has 0 spiro atoms. The number of nitrogens with one attached hydrogen (secondary N) is 1. The van der Waals surface area contributed by atoms with Crippen molar-refractivity contribution in [2.24, 2.45) is 0 Å². The number of aliphatic hydroxyl groups is 1. The number of esters is 1. The molecule has 0 aliphatic rings. The second-order valence-corrected chi connectivity index (χ2v) is 8.88. The van der Waals surface area contributed by atoms with Crippen molar-refractivity contribution < 1.29 is 29.0 Å². The Bertz CT molecular complexity index is 956. The summed E-state index contributed by atoms with van der Waals surface area (Å²) in [5, 5.41) is 12.7. The first kappa shape index (κ1) is 29.0. The number of aliphatic hydroxyl groups excluding tert-OH is 1. The molecule has 1 unspecified atom stereocenters. The molecule has 36 heavy (non-hydrogen) atoms. The second-order valence-electron chi connectivity index (χ2n) is 8.88. The van der Waals surface area contributed by atoms with Crippen molar-refractivity contribution in [1.29, 1.82) is 0 Å². The summed E-state index contributed by atoms with van der Waals surface area (Å²) >= 11 is 0. The van der Waals surface area contributed by atoms with Crippen LogP contribution in [-0.4, -0.2) is 42.6 Å². The van der Waals surface area contributed by atoms with E-state index in [0.29, 0.717) is 12.4 Å². The predicted molar refractivity (Wildman–Crippen MR) is 141 cm³/mol. The Morgan fingerprint density at radius 2 is 1.44 bits per heavy atom. The molecule has 1 amide bonds. The minimum absolute atomic E-state index is 0.183. The number of amides is 1. The summed E-state index contributed by atoms with van der Waals surface area (Å²) in [6.45, 7) is 2.57. The van der Waals surface area contributed by atoms with E-state index in [1.54, 1.807) is 30.3 Å². The maximum Gasteiger partial charge on any atom is 0.338 e. The maximum absolute atomic E-state index is 12.4. The van der Waals surface area contributed by atoms with Gasteiger partial charge in [0.1, 0.15) is 5.75 Å². The molecule has 0 radical (unpaired) electrons. The number of ether oxygens (including phenoxy) is 2. The number of anilines is 1. The molecule has 2 N–H and O–H groups in total. The summed E-state index contributed by atoms with van der Waals surface area (Å²) in [5.74, 6) is -1.53. The molecular formula is C29H39NO6. The van der Waals surface area contributed by atoms with Crippen molar-refractivity contribution in [3.05, 3.63) is 59.7 Å². The number of unbranched alkanes of at least 4 members (excludes halogenated alkanes) is 9. The number of methoxy groups -OCH3 is 1. The van der Waals surface area contributed by atoms with Crippen LogP contribution in [0.2, 0.25) is 0 Å². The molecule has 1 atom stereocenters. The molecule has 0 aromatic heterocycles. The lowest BCUT2D eigenvalue weighted by molar-refractivity contribution is -0.121. The number of hydrogen-bond acceptors (Lipinski definition) is 6. The van der Waals surface area contributed by atoms with Crippen LogP contribution in [0.4, 0.5) is 5.69 Å². The summed E-state index contributed by atoms with van der Waals surface area (Å²) in [4.78, 5) is 37.2. The molecule has 0 aliphatic heterocycles. The van der Waals surface area contributed by atoms with E-state index in [-0.39, 0.29) is 16.8 Å². The fraction of sp³-hybridized carbons (Fsp3) is 0.483. The number of carbonyl (C=O) groups excluding carboxylic acids is 3. The smallest absolute Gasteiger partial charge is 0.338 e. The fourth-order valence-corrected chi connectivity index (χ4v) is 3.80. The zero-order valence-electron chi connectivity index (χ0n) is 21.5. The molecule has 2 aromatic carbocycles. The van der Waals surface area contributed by atoms with Crippen molar-refractivity contribution in [3.8, 4) is 5.75 Å². The van der Waals surface area contributed by atoms with Gasteiger partial charge in [-0.15, -0.1) is 0 Å². The fourth-order valence-electron chi connectivity index (χ4n) is 3.80. The van der Waals surface area contributed by atoms with Crippen LogP contribution < -0.4 is 10.1 Å². The third-order valence-corrected chi connectivity index (χ3v) is 5.97. The first-order valence-corrected chi connectivity index (χ1v) is 12.9. The average molecular weight is 498 g/mol. The van der Waals surface area contributed by atoms with Crippen molar-refractivity contribution >= 4 is 23.3 Å². The molecule has 0 saturated heterocycles. The molecule has 7 nitrogen and oxygen atoms in total. The van der Waals surface area contributed by atoms with Gasteiger partial charge in [0.05, 0.1) is 19.3 Å². The molecule has 196 valence electrons. The number of Topliss-reactive ketones (excluding diaryl/α,β-unsaturated/α-hetero) is 1. The first-order chi connectivity index (χ1) is 17.5. The predicted octanol–water partition coefficient (Wildman–Crippen LogP) is 5.96. The molecule has 0 bridgehead atoms. The molecule has 2 aromatic rings. The molecule has 0 fully saturated rings. The Morgan fingerprint density at radius 3 is 2.06 bits per heavy atom. The van der Waals surface area contributed by atoms with E-state index in [1.165, 1.54) is 70.3 Å². The van der Waals surface area contributed by atoms with Gasteiger partial charge in [-0.2, -0.15) is 0 Å². The highest BCUT2D eigenvalue weighted by molar-refractivity contribution is 6.16. The van der Waals surface area contributed by atoms with Crippen LogP contribution in [0.15, 0.2) is 48.5 Å². The third kappa shape index (κ3) is 10.2. The average Bonchev–Trinajstić information content (AvgIpc) is 2.90. The first-order valence-electron chi connectivity index (χ1n) is 12.9. The van der Waals surface area contributed by atoms with Crippen LogP contribution in [0, 0.1) is 0 Å². The van der Waals surface area contributed by atoms with Crippen molar-refractivity contribution in [2.75, 3.05) is 19.0 Å². The minimum atomic E-state index is -1.88. The number of hydrogen-bond donors (Lipinski definition) is 2. The maximum atomic E-state index is 12.4. The molecule has 0 aliphatic carbocycles. The van der Waals surface area contributed by atoms with E-state index >= 15 is 0 Å². The number of rotatable bonds is 17. The third-order valence-electron chi connectivity index (χ3n) is 5.97. The summed E-state index contributed by atoms with van der Waals surface area (Å²) in [7, 11) is 1.50. The quantitative estimate of drug-likeness (QED) is 0.121. The second kappa shape index (κ2) is 16.5. The van der Waals surface area contributed by atoms with E-state index in [0.717, 1.165) is 19.3 Å². The van der Waals surface area contributed by atoms with E-state index in [2.05, 4.69) is 12.2 Å². The molecule has 0 saturated carbocycles. The number of carbonyl (C=O) groups is 3. The SMILES string of the molecule is CCCCCCCCCCCCOC(=O)c1cccc(NC(=O)C(O)C(=O)c2ccc(OC)cc2)c1. The van der Waals surface area contributed by atoms with Gasteiger partial charge in [0.25, 0.3) is 5.91 Å². The highest BCUT2D eigenvalue weighted by atomic mass is 16.5. The zero-order chi connectivity index (χ0) is 26.2. The van der Waals surface area contributed by atoms with Gasteiger partial charge in [-0.3, -0.25) is 9.59 Å². The molecule has 0 heterocycles. The van der Waals surface area contributed by atoms with Crippen LogP contribution in [0.25, 0.3) is 0 Å². The van der Waals surface area contributed by atoms with Gasteiger partial charge in [-0.1, -0.05) is 70.8 Å². The van der Waals surface area contributed by atoms with Gasteiger partial charge in [0.15, 0.2) is 6.10 Å². The lowest BCUT2D eigenvalue weighted by Gasteiger charge is -2.12. The standard InChI is InChI=1S/C29H39NO6/c1-3-4-5-6-7-8-9-10-11-12-20-36-29(34)23-14-13-15-24(21-23)30-28(33)27(32)26(31)22-16-18-25(35-2)19-17-22/h13-19,21,27,32H,3-12,20H2,1-2H3,(H,30,33). The summed E-state index contributed by atoms with van der Waals surface area (Å²) in [6.07, 6.45) is 10.1. The lowest BCUT2D eigenvalue weighted by Crippen LogP contribution is -2.35. The Labute approximate surface area is 214 Å². The van der Waals surface area contributed by atoms with Gasteiger partial charge in [0.2, 0.25) is 5.78 Å². The minimum Gasteiger partial charge on any atom is -0.497 e. The van der Waals surface area contributed by atoms with Crippen LogP contribution in [0.5, 0.6) is 5.75 Å². The normalized spacial score (nSPS) is 11.5. The van der Waals surface area contributed by atoms with E-state index < -0.39 is 23.8 Å². The summed E-state index contributed by atoms with van der Waals surface area (Å²) in [6, 6.07) is 12.3. The Hall–Kier alpha value is -3.19. The van der Waals surface area contributed by atoms with Crippen LogP contribution in [0.1, 0.15) is 91.8 Å². The molecule has 7 heteroatoms.